The van der Waals surface area contributed by atoms with Crippen LogP contribution in [0.25, 0.3) is 0 Å². The van der Waals surface area contributed by atoms with Crippen molar-refractivity contribution >= 4 is 41.3 Å². The highest BCUT2D eigenvalue weighted by molar-refractivity contribution is 14.0. The van der Waals surface area contributed by atoms with Gasteiger partial charge in [0.25, 0.3) is 5.69 Å². The van der Waals surface area contributed by atoms with Crippen molar-refractivity contribution in [2.75, 3.05) is 32.0 Å². The first-order chi connectivity index (χ1) is 12.6. The second-order valence-electron chi connectivity index (χ2n) is 5.50. The Hall–Kier alpha value is -2.43. The largest absolute Gasteiger partial charge is 0.383 e. The molecule has 2 aromatic rings. The third kappa shape index (κ3) is 7.77. The van der Waals surface area contributed by atoms with E-state index in [1.807, 2.05) is 6.07 Å². The van der Waals surface area contributed by atoms with Crippen LogP contribution in [0.2, 0.25) is 0 Å². The van der Waals surface area contributed by atoms with E-state index in [0.717, 1.165) is 5.69 Å². The predicted octanol–water partition coefficient (Wildman–Crippen LogP) is 3.17. The molecule has 0 atom stereocenters. The maximum Gasteiger partial charge on any atom is 0.269 e. The van der Waals surface area contributed by atoms with Gasteiger partial charge in [-0.25, -0.2) is 4.39 Å². The minimum atomic E-state index is -0.428. The molecule has 0 fully saturated rings. The number of hydrogen-bond donors (Lipinski definition) is 3. The van der Waals surface area contributed by atoms with E-state index in [1.165, 1.54) is 18.2 Å². The van der Waals surface area contributed by atoms with E-state index in [2.05, 4.69) is 20.9 Å². The molecule has 0 aromatic heterocycles. The van der Waals surface area contributed by atoms with Gasteiger partial charge >= 0.3 is 0 Å². The molecule has 0 amide bonds. The Labute approximate surface area is 174 Å². The number of non-ortho nitro benzene ring substituents is 1. The summed E-state index contributed by atoms with van der Waals surface area (Å²) < 4.78 is 13.6. The van der Waals surface area contributed by atoms with Crippen LogP contribution in [0.5, 0.6) is 0 Å². The highest BCUT2D eigenvalue weighted by Gasteiger charge is 2.04. The van der Waals surface area contributed by atoms with Crippen molar-refractivity contribution in [1.29, 1.82) is 0 Å². The third-order valence-corrected chi connectivity index (χ3v) is 3.69. The highest BCUT2D eigenvalue weighted by Crippen LogP contribution is 2.14. The minimum absolute atomic E-state index is 0. The van der Waals surface area contributed by atoms with E-state index in [-0.39, 0.29) is 35.5 Å². The van der Waals surface area contributed by atoms with Gasteiger partial charge in [-0.3, -0.25) is 15.1 Å². The first-order valence-electron chi connectivity index (χ1n) is 8.26. The van der Waals surface area contributed by atoms with Crippen molar-refractivity contribution < 1.29 is 9.31 Å². The summed E-state index contributed by atoms with van der Waals surface area (Å²) in [6, 6.07) is 12.9. The molecular formula is C18H23FIN5O2. The zero-order valence-corrected chi connectivity index (χ0v) is 17.3. The molecule has 0 bridgehead atoms. The number of guanidine groups is 1. The topological polar surface area (TPSA) is 91.6 Å². The number of nitrogens with zero attached hydrogens (tertiary/aromatic N) is 2. The summed E-state index contributed by atoms with van der Waals surface area (Å²) in [6.07, 6.45) is 0.564. The number of nitrogens with one attached hydrogen (secondary N) is 3. The van der Waals surface area contributed by atoms with Gasteiger partial charge in [-0.2, -0.15) is 0 Å². The molecular weight excluding hydrogens is 464 g/mol. The number of halogens is 2. The van der Waals surface area contributed by atoms with Crippen LogP contribution in [0.4, 0.5) is 15.8 Å². The van der Waals surface area contributed by atoms with Gasteiger partial charge in [-0.1, -0.05) is 18.2 Å². The van der Waals surface area contributed by atoms with E-state index in [4.69, 9.17) is 0 Å². The first-order valence-corrected chi connectivity index (χ1v) is 8.26. The van der Waals surface area contributed by atoms with E-state index in [1.54, 1.807) is 31.3 Å². The van der Waals surface area contributed by atoms with Crippen molar-refractivity contribution in [3.8, 4) is 0 Å². The highest BCUT2D eigenvalue weighted by atomic mass is 127. The molecule has 0 heterocycles. The van der Waals surface area contributed by atoms with E-state index in [0.29, 0.717) is 37.6 Å². The SMILES string of the molecule is CN=C(NCCNc1ccc([N+](=O)[O-])cc1)NCCc1ccccc1F.I. The van der Waals surface area contributed by atoms with Crippen LogP contribution in [0, 0.1) is 15.9 Å². The lowest BCUT2D eigenvalue weighted by atomic mass is 10.1. The quantitative estimate of drug-likeness (QED) is 0.133. The summed E-state index contributed by atoms with van der Waals surface area (Å²) in [6.45, 7) is 1.79. The summed E-state index contributed by atoms with van der Waals surface area (Å²) in [5.74, 6) is 0.427. The molecule has 2 aromatic carbocycles. The number of benzene rings is 2. The number of anilines is 1. The molecule has 7 nitrogen and oxygen atoms in total. The number of hydrogen-bond acceptors (Lipinski definition) is 4. The molecule has 2 rings (SSSR count). The fraction of sp³-hybridized carbons (Fsp3) is 0.278. The van der Waals surface area contributed by atoms with Gasteiger partial charge < -0.3 is 16.0 Å². The van der Waals surface area contributed by atoms with Crippen LogP contribution in [0.15, 0.2) is 53.5 Å². The van der Waals surface area contributed by atoms with Gasteiger partial charge in [0, 0.05) is 44.5 Å². The van der Waals surface area contributed by atoms with Crippen LogP contribution >= 0.6 is 24.0 Å². The van der Waals surface area contributed by atoms with Gasteiger partial charge in [0.15, 0.2) is 5.96 Å². The summed E-state index contributed by atoms with van der Waals surface area (Å²) in [4.78, 5) is 14.3. The minimum Gasteiger partial charge on any atom is -0.383 e. The van der Waals surface area contributed by atoms with Crippen molar-refractivity contribution in [3.05, 3.63) is 70.0 Å². The molecule has 0 spiro atoms. The van der Waals surface area contributed by atoms with Crippen molar-refractivity contribution in [1.82, 2.24) is 10.6 Å². The molecule has 0 aliphatic rings. The predicted molar refractivity (Wildman–Crippen MR) is 116 cm³/mol. The Morgan fingerprint density at radius 2 is 1.74 bits per heavy atom. The Morgan fingerprint density at radius 1 is 1.07 bits per heavy atom. The molecule has 9 heteroatoms. The Morgan fingerprint density at radius 3 is 2.37 bits per heavy atom. The number of nitro benzene ring substituents is 1. The van der Waals surface area contributed by atoms with Crippen LogP contribution in [-0.4, -0.2) is 37.6 Å². The van der Waals surface area contributed by atoms with Crippen LogP contribution in [-0.2, 0) is 6.42 Å². The Kier molecular flexibility index (Phi) is 10.1. The second kappa shape index (κ2) is 12.0. The average Bonchev–Trinajstić information content (AvgIpc) is 2.65. The monoisotopic (exact) mass is 487 g/mol. The molecule has 146 valence electrons. The van der Waals surface area contributed by atoms with Gasteiger partial charge in [-0.05, 0) is 30.2 Å². The Balaban J connectivity index is 0.00000364. The molecule has 0 saturated carbocycles. The summed E-state index contributed by atoms with van der Waals surface area (Å²) >= 11 is 0. The number of aliphatic imine (C=N–C) groups is 1. The third-order valence-electron chi connectivity index (χ3n) is 3.69. The smallest absolute Gasteiger partial charge is 0.269 e. The van der Waals surface area contributed by atoms with Crippen LogP contribution in [0.3, 0.4) is 0 Å². The first kappa shape index (κ1) is 22.6. The van der Waals surface area contributed by atoms with Crippen LogP contribution < -0.4 is 16.0 Å². The maximum atomic E-state index is 13.6. The van der Waals surface area contributed by atoms with E-state index >= 15 is 0 Å². The lowest BCUT2D eigenvalue weighted by Gasteiger charge is -2.13. The van der Waals surface area contributed by atoms with Crippen molar-refractivity contribution in [2.24, 2.45) is 4.99 Å². The standard InChI is InChI=1S/C18H22FN5O2.HI/c1-20-18(22-11-10-14-4-2-3-5-17(14)19)23-13-12-21-15-6-8-16(9-7-15)24(25)26;/h2-9,21H,10-13H2,1H3,(H2,20,22,23);1H. The van der Waals surface area contributed by atoms with E-state index in [9.17, 15) is 14.5 Å². The lowest BCUT2D eigenvalue weighted by Crippen LogP contribution is -2.40. The molecule has 0 unspecified atom stereocenters. The molecule has 3 N–H and O–H groups in total. The molecule has 0 radical (unpaired) electrons. The molecule has 0 saturated heterocycles. The fourth-order valence-corrected chi connectivity index (χ4v) is 2.33. The maximum absolute atomic E-state index is 13.6. The summed E-state index contributed by atoms with van der Waals surface area (Å²) in [5, 5.41) is 20.1. The second-order valence-corrected chi connectivity index (χ2v) is 5.50. The van der Waals surface area contributed by atoms with Gasteiger partial charge in [0.1, 0.15) is 5.82 Å². The van der Waals surface area contributed by atoms with Crippen molar-refractivity contribution in [3.63, 3.8) is 0 Å². The lowest BCUT2D eigenvalue weighted by molar-refractivity contribution is -0.384. The Bertz CT molecular complexity index is 756. The zero-order valence-electron chi connectivity index (χ0n) is 14.9. The molecule has 0 aliphatic heterocycles. The van der Waals surface area contributed by atoms with Gasteiger partial charge in [0.05, 0.1) is 4.92 Å². The summed E-state index contributed by atoms with van der Waals surface area (Å²) in [7, 11) is 1.67. The summed E-state index contributed by atoms with van der Waals surface area (Å²) in [5.41, 5.74) is 1.53. The number of rotatable bonds is 8. The van der Waals surface area contributed by atoms with Gasteiger partial charge in [0.2, 0.25) is 0 Å². The fourth-order valence-electron chi connectivity index (χ4n) is 2.33. The molecule has 27 heavy (non-hydrogen) atoms. The average molecular weight is 487 g/mol. The molecule has 0 aliphatic carbocycles. The normalized spacial score (nSPS) is 10.7. The zero-order chi connectivity index (χ0) is 18.8. The van der Waals surface area contributed by atoms with E-state index < -0.39 is 4.92 Å². The van der Waals surface area contributed by atoms with Crippen LogP contribution in [0.1, 0.15) is 5.56 Å². The van der Waals surface area contributed by atoms with Gasteiger partial charge in [-0.15, -0.1) is 24.0 Å². The number of nitro groups is 1. The van der Waals surface area contributed by atoms with Crippen molar-refractivity contribution in [2.45, 2.75) is 6.42 Å².